The molecule has 1 unspecified atom stereocenters. The van der Waals surface area contributed by atoms with Crippen molar-refractivity contribution in [1.82, 2.24) is 4.90 Å². The first kappa shape index (κ1) is 20.0. The minimum Gasteiger partial charge on any atom is -0.508 e. The lowest BCUT2D eigenvalue weighted by atomic mass is 10.0. The van der Waals surface area contributed by atoms with Gasteiger partial charge in [-0.15, -0.1) is 0 Å². The van der Waals surface area contributed by atoms with Crippen LogP contribution in [0.4, 0.5) is 5.69 Å². The molecule has 10 heteroatoms. The van der Waals surface area contributed by atoms with Crippen LogP contribution in [-0.4, -0.2) is 50.3 Å². The molecular formula is C20H22N4O5S. The van der Waals surface area contributed by atoms with E-state index in [0.29, 0.717) is 23.5 Å². The quantitative estimate of drug-likeness (QED) is 0.584. The van der Waals surface area contributed by atoms with E-state index in [2.05, 4.69) is 9.12 Å². The second-order valence-corrected chi connectivity index (χ2v) is 8.05. The molecule has 0 aliphatic carbocycles. The van der Waals surface area contributed by atoms with Crippen LogP contribution in [-0.2, 0) is 11.2 Å². The fourth-order valence-corrected chi connectivity index (χ4v) is 4.41. The molecule has 9 nitrogen and oxygen atoms in total. The monoisotopic (exact) mass is 430 g/mol. The summed E-state index contributed by atoms with van der Waals surface area (Å²) in [4.78, 5) is 14.7. The normalized spacial score (nSPS) is 20.7. The summed E-state index contributed by atoms with van der Waals surface area (Å²) in [6, 6.07) is 8.99. The van der Waals surface area contributed by atoms with Crippen LogP contribution >= 0.6 is 0 Å². The van der Waals surface area contributed by atoms with Crippen molar-refractivity contribution < 1.29 is 24.0 Å². The van der Waals surface area contributed by atoms with E-state index in [9.17, 15) is 19.2 Å². The van der Waals surface area contributed by atoms with Crippen LogP contribution in [0.5, 0.6) is 17.2 Å². The molecule has 2 heterocycles. The number of piperidine rings is 1. The lowest BCUT2D eigenvalue weighted by Gasteiger charge is -2.36. The Hall–Kier alpha value is -3.27. The number of nitrogens with one attached hydrogen (secondary N) is 1. The molecule has 2 aliphatic heterocycles. The maximum Gasteiger partial charge on any atom is 0.257 e. The second kappa shape index (κ2) is 8.23. The van der Waals surface area contributed by atoms with Crippen molar-refractivity contribution in [3.8, 4) is 17.2 Å². The Morgan fingerprint density at radius 2 is 2.13 bits per heavy atom. The molecule has 30 heavy (non-hydrogen) atoms. The van der Waals surface area contributed by atoms with Crippen molar-refractivity contribution in [2.75, 3.05) is 17.9 Å². The number of amides is 1. The highest BCUT2D eigenvalue weighted by atomic mass is 32.2. The first-order valence-electron chi connectivity index (χ1n) is 9.56. The van der Waals surface area contributed by atoms with Crippen LogP contribution in [0.25, 0.3) is 0 Å². The van der Waals surface area contributed by atoms with E-state index in [4.69, 9.17) is 10.5 Å². The van der Waals surface area contributed by atoms with E-state index in [1.54, 1.807) is 23.1 Å². The van der Waals surface area contributed by atoms with Crippen LogP contribution < -0.4 is 15.2 Å². The standard InChI is InChI=1S/C20H22N4O5S/c21-19-18-15(22-30(28)23-19)5-3-6-17(18)29-11-12-4-1-2-9-24(12)20(27)14-8-7-13(25)10-16(14)26/h3,5-8,10,12,22,25-26H,1-2,4,9,11H2,(H2,21,23)/t12-,30?/m1/s1. The number of phenolic OH excluding ortho intramolecular Hbond substituents is 2. The molecule has 4 rings (SSSR count). The Kier molecular flexibility index (Phi) is 5.49. The summed E-state index contributed by atoms with van der Waals surface area (Å²) in [6.45, 7) is 0.779. The van der Waals surface area contributed by atoms with E-state index in [0.717, 1.165) is 25.3 Å². The first-order valence-corrected chi connectivity index (χ1v) is 10.7. The molecule has 0 bridgehead atoms. The molecule has 158 valence electrons. The third-order valence-electron chi connectivity index (χ3n) is 5.19. The molecule has 2 aromatic rings. The van der Waals surface area contributed by atoms with Crippen LogP contribution in [0.1, 0.15) is 35.2 Å². The van der Waals surface area contributed by atoms with Crippen molar-refractivity contribution >= 4 is 28.6 Å². The molecule has 2 aromatic carbocycles. The summed E-state index contributed by atoms with van der Waals surface area (Å²) in [6.07, 6.45) is 2.57. The molecule has 1 amide bonds. The predicted octanol–water partition coefficient (Wildman–Crippen LogP) is 1.88. The first-order chi connectivity index (χ1) is 14.4. The van der Waals surface area contributed by atoms with E-state index in [1.807, 2.05) is 0 Å². The Labute approximate surface area is 175 Å². The van der Waals surface area contributed by atoms with Gasteiger partial charge >= 0.3 is 0 Å². The molecule has 2 aliphatic rings. The van der Waals surface area contributed by atoms with Crippen molar-refractivity contribution in [2.45, 2.75) is 25.3 Å². The number of amidine groups is 1. The summed E-state index contributed by atoms with van der Waals surface area (Å²) in [5, 5.41) is 19.5. The number of ether oxygens (including phenoxy) is 1. The molecule has 1 saturated heterocycles. The zero-order valence-electron chi connectivity index (χ0n) is 16.1. The zero-order chi connectivity index (χ0) is 21.3. The number of carbonyl (C=O) groups excluding carboxylic acids is 1. The fraction of sp³-hybridized carbons (Fsp3) is 0.300. The van der Waals surface area contributed by atoms with E-state index in [1.165, 1.54) is 12.1 Å². The molecular weight excluding hydrogens is 408 g/mol. The van der Waals surface area contributed by atoms with Crippen LogP contribution in [0, 0.1) is 0 Å². The molecule has 2 atom stereocenters. The molecule has 1 fully saturated rings. The number of carbonyl (C=O) groups is 1. The number of nitrogens with zero attached hydrogens (tertiary/aromatic N) is 2. The van der Waals surface area contributed by atoms with Gasteiger partial charge in [-0.2, -0.15) is 4.40 Å². The number of fused-ring (bicyclic) bond motifs is 1. The lowest BCUT2D eigenvalue weighted by molar-refractivity contribution is 0.0525. The number of hydrogen-bond donors (Lipinski definition) is 4. The molecule has 0 aromatic heterocycles. The number of phenols is 2. The number of nitrogens with two attached hydrogens (primary N) is 1. The highest BCUT2D eigenvalue weighted by molar-refractivity contribution is 7.85. The van der Waals surface area contributed by atoms with Crippen molar-refractivity contribution in [3.05, 3.63) is 47.5 Å². The Bertz CT molecular complexity index is 1040. The van der Waals surface area contributed by atoms with Gasteiger partial charge in [0.15, 0.2) is 0 Å². The SMILES string of the molecule is NC1=NS(=O)Nc2cccc(OC[C@H]3CCCCN3C(=O)c3ccc(O)cc3O)c21. The molecule has 0 spiro atoms. The number of anilines is 1. The summed E-state index contributed by atoms with van der Waals surface area (Å²) in [7, 11) is 0. The van der Waals surface area contributed by atoms with Gasteiger partial charge in [-0.1, -0.05) is 6.07 Å². The van der Waals surface area contributed by atoms with Gasteiger partial charge in [0.25, 0.3) is 5.91 Å². The average Bonchev–Trinajstić information content (AvgIpc) is 2.71. The van der Waals surface area contributed by atoms with Crippen molar-refractivity contribution in [3.63, 3.8) is 0 Å². The summed E-state index contributed by atoms with van der Waals surface area (Å²) in [5.74, 6) is -0.0589. The zero-order valence-corrected chi connectivity index (χ0v) is 16.9. The van der Waals surface area contributed by atoms with E-state index in [-0.39, 0.29) is 41.5 Å². The summed E-state index contributed by atoms with van der Waals surface area (Å²) >= 11 is -1.62. The fourth-order valence-electron chi connectivity index (χ4n) is 3.74. The lowest BCUT2D eigenvalue weighted by Crippen LogP contribution is -2.46. The van der Waals surface area contributed by atoms with E-state index >= 15 is 0 Å². The third kappa shape index (κ3) is 3.90. The smallest absolute Gasteiger partial charge is 0.257 e. The van der Waals surface area contributed by atoms with Gasteiger partial charge in [-0.25, -0.2) is 4.21 Å². The highest BCUT2D eigenvalue weighted by Gasteiger charge is 2.30. The van der Waals surface area contributed by atoms with Gasteiger partial charge < -0.3 is 25.6 Å². The third-order valence-corrected chi connectivity index (χ3v) is 5.95. The van der Waals surface area contributed by atoms with Crippen molar-refractivity contribution in [1.29, 1.82) is 0 Å². The van der Waals surface area contributed by atoms with Gasteiger partial charge in [0, 0.05) is 12.6 Å². The predicted molar refractivity (Wildman–Crippen MR) is 113 cm³/mol. The van der Waals surface area contributed by atoms with Gasteiger partial charge in [0.1, 0.15) is 29.7 Å². The van der Waals surface area contributed by atoms with Crippen LogP contribution in [0.15, 0.2) is 40.8 Å². The average molecular weight is 430 g/mol. The summed E-state index contributed by atoms with van der Waals surface area (Å²) < 4.78 is 24.3. The van der Waals surface area contributed by atoms with Gasteiger partial charge in [-0.3, -0.25) is 9.52 Å². The topological polar surface area (TPSA) is 137 Å². The van der Waals surface area contributed by atoms with Gasteiger partial charge in [0.05, 0.1) is 22.9 Å². The maximum absolute atomic E-state index is 13.0. The van der Waals surface area contributed by atoms with Gasteiger partial charge in [0.2, 0.25) is 11.2 Å². The molecule has 5 N–H and O–H groups in total. The molecule has 0 saturated carbocycles. The highest BCUT2D eigenvalue weighted by Crippen LogP contribution is 2.31. The number of aromatic hydroxyl groups is 2. The minimum atomic E-state index is -1.62. The Morgan fingerprint density at radius 3 is 2.93 bits per heavy atom. The van der Waals surface area contributed by atoms with Crippen LogP contribution in [0.2, 0.25) is 0 Å². The Morgan fingerprint density at radius 1 is 1.30 bits per heavy atom. The summed E-state index contributed by atoms with van der Waals surface area (Å²) in [5.41, 5.74) is 7.21. The molecule has 0 radical (unpaired) electrons. The van der Waals surface area contributed by atoms with Crippen LogP contribution in [0.3, 0.4) is 0 Å². The maximum atomic E-state index is 13.0. The number of likely N-dealkylation sites (tertiary alicyclic amines) is 1. The minimum absolute atomic E-state index is 0.106. The Balaban J connectivity index is 1.53. The number of hydrogen-bond acceptors (Lipinski definition) is 6. The number of benzene rings is 2. The van der Waals surface area contributed by atoms with Crippen molar-refractivity contribution in [2.24, 2.45) is 10.1 Å². The number of rotatable bonds is 4. The largest absolute Gasteiger partial charge is 0.508 e. The van der Waals surface area contributed by atoms with Gasteiger partial charge in [-0.05, 0) is 43.5 Å². The van der Waals surface area contributed by atoms with E-state index < -0.39 is 11.2 Å². The second-order valence-electron chi connectivity index (χ2n) is 7.17.